The van der Waals surface area contributed by atoms with Gasteiger partial charge in [-0.1, -0.05) is 112 Å². The van der Waals surface area contributed by atoms with Crippen LogP contribution in [0.3, 0.4) is 0 Å². The van der Waals surface area contributed by atoms with Crippen LogP contribution in [0, 0.1) is 17.6 Å². The SMILES string of the molecule is CCCCC[SiH]1CCC(CCc2ccc(-c3ccc(-c4ccc(F)c(F)c4)cc3)cc2)CC1. The summed E-state index contributed by atoms with van der Waals surface area (Å²) in [7, 11) is -0.401. The summed E-state index contributed by atoms with van der Waals surface area (Å²) in [4.78, 5) is 0. The second kappa shape index (κ2) is 11.7. The largest absolute Gasteiger partial charge is 0.204 e. The predicted octanol–water partition coefficient (Wildman–Crippen LogP) is 9.06. The maximum absolute atomic E-state index is 13.5. The minimum Gasteiger partial charge on any atom is -0.204 e. The lowest BCUT2D eigenvalue weighted by atomic mass is 9.93. The van der Waals surface area contributed by atoms with Gasteiger partial charge in [-0.2, -0.15) is 0 Å². The Hall–Kier alpha value is -2.26. The molecule has 0 N–H and O–H groups in total. The zero-order valence-electron chi connectivity index (χ0n) is 19.8. The quantitative estimate of drug-likeness (QED) is 0.220. The highest BCUT2D eigenvalue weighted by Gasteiger charge is 2.21. The average Bonchev–Trinajstić information content (AvgIpc) is 2.86. The molecule has 3 heteroatoms. The molecule has 0 aliphatic carbocycles. The fourth-order valence-corrected chi connectivity index (χ4v) is 8.87. The molecule has 0 amide bonds. The molecule has 0 atom stereocenters. The molecule has 0 bridgehead atoms. The van der Waals surface area contributed by atoms with Gasteiger partial charge >= 0.3 is 0 Å². The molecular formula is C30H36F2Si. The summed E-state index contributed by atoms with van der Waals surface area (Å²) >= 11 is 0. The lowest BCUT2D eigenvalue weighted by Crippen LogP contribution is -2.21. The highest BCUT2D eigenvalue weighted by atomic mass is 28.3. The first-order chi connectivity index (χ1) is 16.1. The molecule has 0 unspecified atom stereocenters. The molecule has 33 heavy (non-hydrogen) atoms. The third-order valence-corrected chi connectivity index (χ3v) is 11.0. The first kappa shape index (κ1) is 23.9. The van der Waals surface area contributed by atoms with Crippen molar-refractivity contribution < 1.29 is 8.78 Å². The van der Waals surface area contributed by atoms with Crippen molar-refractivity contribution in [2.24, 2.45) is 5.92 Å². The van der Waals surface area contributed by atoms with Gasteiger partial charge in [0, 0.05) is 8.80 Å². The maximum atomic E-state index is 13.5. The molecule has 3 aromatic rings. The Morgan fingerprint density at radius 2 is 1.30 bits per heavy atom. The number of hydrogen-bond acceptors (Lipinski definition) is 0. The third-order valence-electron chi connectivity index (χ3n) is 7.45. The van der Waals surface area contributed by atoms with Crippen LogP contribution in [0.5, 0.6) is 0 Å². The van der Waals surface area contributed by atoms with E-state index < -0.39 is 20.4 Å². The molecule has 4 rings (SSSR count). The molecule has 1 aliphatic rings. The smallest absolute Gasteiger partial charge is 0.159 e. The molecular weight excluding hydrogens is 426 g/mol. The molecule has 0 nitrogen and oxygen atoms in total. The van der Waals surface area contributed by atoms with Crippen molar-refractivity contribution in [2.45, 2.75) is 70.0 Å². The van der Waals surface area contributed by atoms with Gasteiger partial charge in [0.05, 0.1) is 0 Å². The van der Waals surface area contributed by atoms with Crippen LogP contribution in [-0.2, 0) is 6.42 Å². The van der Waals surface area contributed by atoms with E-state index >= 15 is 0 Å². The molecule has 1 fully saturated rings. The molecule has 1 aliphatic heterocycles. The van der Waals surface area contributed by atoms with Crippen LogP contribution < -0.4 is 0 Å². The van der Waals surface area contributed by atoms with Gasteiger partial charge in [0.1, 0.15) is 0 Å². The van der Waals surface area contributed by atoms with Gasteiger partial charge in [-0.05, 0) is 58.7 Å². The fraction of sp³-hybridized carbons (Fsp3) is 0.400. The third kappa shape index (κ3) is 6.63. The van der Waals surface area contributed by atoms with Crippen LogP contribution >= 0.6 is 0 Å². The van der Waals surface area contributed by atoms with Gasteiger partial charge in [-0.25, -0.2) is 8.78 Å². The van der Waals surface area contributed by atoms with Crippen molar-refractivity contribution in [3.05, 3.63) is 83.9 Å². The van der Waals surface area contributed by atoms with E-state index in [0.717, 1.165) is 17.0 Å². The van der Waals surface area contributed by atoms with E-state index in [1.54, 1.807) is 24.2 Å². The summed E-state index contributed by atoms with van der Waals surface area (Å²) in [5, 5.41) is 0. The maximum Gasteiger partial charge on any atom is 0.159 e. The highest BCUT2D eigenvalue weighted by molar-refractivity contribution is 6.58. The van der Waals surface area contributed by atoms with E-state index in [-0.39, 0.29) is 0 Å². The Morgan fingerprint density at radius 1 is 0.727 bits per heavy atom. The minimum absolute atomic E-state index is 0.401. The zero-order chi connectivity index (χ0) is 23.0. The number of benzene rings is 3. The predicted molar refractivity (Wildman–Crippen MR) is 139 cm³/mol. The van der Waals surface area contributed by atoms with Crippen molar-refractivity contribution in [3.8, 4) is 22.3 Å². The minimum atomic E-state index is -0.813. The van der Waals surface area contributed by atoms with Crippen molar-refractivity contribution >= 4 is 8.80 Å². The normalized spacial score (nSPS) is 18.4. The second-order valence-electron chi connectivity index (χ2n) is 9.82. The first-order valence-corrected chi connectivity index (χ1v) is 15.2. The van der Waals surface area contributed by atoms with Gasteiger partial charge in [0.15, 0.2) is 11.6 Å². The molecule has 0 spiro atoms. The van der Waals surface area contributed by atoms with E-state index in [4.69, 9.17) is 0 Å². The Balaban J connectivity index is 1.27. The molecule has 0 saturated carbocycles. The number of rotatable bonds is 9. The first-order valence-electron chi connectivity index (χ1n) is 12.8. The molecule has 0 aromatic heterocycles. The summed E-state index contributed by atoms with van der Waals surface area (Å²) < 4.78 is 26.7. The molecule has 1 heterocycles. The lowest BCUT2D eigenvalue weighted by Gasteiger charge is -2.27. The Kier molecular flexibility index (Phi) is 8.50. The van der Waals surface area contributed by atoms with Crippen molar-refractivity contribution in [1.82, 2.24) is 0 Å². The standard InChI is InChI=1S/C30H36F2Si/c1-2-3-4-19-33-20-17-24(18-21-33)6-5-23-7-9-25(10-8-23)26-11-13-27(14-12-26)28-15-16-29(31)30(32)22-28/h7-16,22,24,33H,2-6,17-21H2,1H3. The molecule has 1 saturated heterocycles. The number of halogens is 2. The monoisotopic (exact) mass is 462 g/mol. The fourth-order valence-electron chi connectivity index (χ4n) is 5.26. The molecule has 3 aromatic carbocycles. The molecule has 0 radical (unpaired) electrons. The Bertz CT molecular complexity index is 1000. The van der Waals surface area contributed by atoms with Crippen molar-refractivity contribution in [2.75, 3.05) is 0 Å². The van der Waals surface area contributed by atoms with Gasteiger partial charge in [0.25, 0.3) is 0 Å². The van der Waals surface area contributed by atoms with E-state index in [9.17, 15) is 8.78 Å². The van der Waals surface area contributed by atoms with Gasteiger partial charge in [0.2, 0.25) is 0 Å². The van der Waals surface area contributed by atoms with Gasteiger partial charge < -0.3 is 0 Å². The zero-order valence-corrected chi connectivity index (χ0v) is 21.0. The summed E-state index contributed by atoms with van der Waals surface area (Å²) in [5.41, 5.74) is 5.33. The van der Waals surface area contributed by atoms with Crippen LogP contribution in [-0.4, -0.2) is 8.80 Å². The van der Waals surface area contributed by atoms with Crippen molar-refractivity contribution in [3.63, 3.8) is 0 Å². The molecule has 174 valence electrons. The van der Waals surface area contributed by atoms with Crippen LogP contribution in [0.4, 0.5) is 8.78 Å². The van der Waals surface area contributed by atoms with Crippen LogP contribution in [0.25, 0.3) is 22.3 Å². The van der Waals surface area contributed by atoms with Crippen molar-refractivity contribution in [1.29, 1.82) is 0 Å². The van der Waals surface area contributed by atoms with Crippen LogP contribution in [0.1, 0.15) is 51.0 Å². The summed E-state index contributed by atoms with van der Waals surface area (Å²) in [6.07, 6.45) is 9.74. The number of unbranched alkanes of at least 4 members (excludes halogenated alkanes) is 2. The van der Waals surface area contributed by atoms with E-state index in [2.05, 4.69) is 43.3 Å². The highest BCUT2D eigenvalue weighted by Crippen LogP contribution is 2.32. The van der Waals surface area contributed by atoms with Gasteiger partial charge in [-0.3, -0.25) is 0 Å². The number of aryl methyl sites for hydroxylation is 1. The average molecular weight is 463 g/mol. The summed E-state index contributed by atoms with van der Waals surface area (Å²) in [6, 6.07) is 25.8. The summed E-state index contributed by atoms with van der Waals surface area (Å²) in [5.74, 6) is -0.690. The van der Waals surface area contributed by atoms with E-state index in [1.165, 1.54) is 68.2 Å². The summed E-state index contributed by atoms with van der Waals surface area (Å²) in [6.45, 7) is 2.31. The van der Waals surface area contributed by atoms with Crippen LogP contribution in [0.15, 0.2) is 66.7 Å². The topological polar surface area (TPSA) is 0 Å². The van der Waals surface area contributed by atoms with Gasteiger partial charge in [-0.15, -0.1) is 0 Å². The Labute approximate surface area is 199 Å². The lowest BCUT2D eigenvalue weighted by molar-refractivity contribution is 0.437. The van der Waals surface area contributed by atoms with E-state index in [0.29, 0.717) is 5.56 Å². The second-order valence-corrected chi connectivity index (χ2v) is 13.3. The number of hydrogen-bond donors (Lipinski definition) is 0. The Morgan fingerprint density at radius 3 is 1.91 bits per heavy atom. The van der Waals surface area contributed by atoms with E-state index in [1.807, 2.05) is 12.1 Å². The van der Waals surface area contributed by atoms with Crippen LogP contribution in [0.2, 0.25) is 18.1 Å².